The summed E-state index contributed by atoms with van der Waals surface area (Å²) in [6, 6.07) is 5.54. The number of benzene rings is 1. The summed E-state index contributed by atoms with van der Waals surface area (Å²) >= 11 is 1.49. The van der Waals surface area contributed by atoms with Crippen LogP contribution in [0.3, 0.4) is 0 Å². The zero-order chi connectivity index (χ0) is 13.4. The molecule has 2 aliphatic heterocycles. The van der Waals surface area contributed by atoms with Crippen molar-refractivity contribution in [3.05, 3.63) is 18.2 Å². The number of carbonyl (C=O) groups excluding carboxylic acids is 2. The van der Waals surface area contributed by atoms with Gasteiger partial charge in [0.1, 0.15) is 6.10 Å². The van der Waals surface area contributed by atoms with Gasteiger partial charge in [0.15, 0.2) is 0 Å². The molecule has 1 fully saturated rings. The van der Waals surface area contributed by atoms with E-state index in [2.05, 4.69) is 5.32 Å². The summed E-state index contributed by atoms with van der Waals surface area (Å²) in [7, 11) is 0. The molecule has 0 aliphatic carbocycles. The number of hydrogen-bond acceptors (Lipinski definition) is 5. The Morgan fingerprint density at radius 3 is 3.05 bits per heavy atom. The highest BCUT2D eigenvalue weighted by molar-refractivity contribution is 8.00. The molecule has 1 saturated heterocycles. The minimum atomic E-state index is -0.398. The number of fused-ring (bicyclic) bond motifs is 1. The van der Waals surface area contributed by atoms with Gasteiger partial charge < -0.3 is 15.8 Å². The predicted molar refractivity (Wildman–Crippen MR) is 72.5 cm³/mol. The lowest BCUT2D eigenvalue weighted by molar-refractivity contribution is -0.113. The van der Waals surface area contributed by atoms with Crippen LogP contribution in [0, 0.1) is 0 Å². The van der Waals surface area contributed by atoms with Gasteiger partial charge in [-0.25, -0.2) is 4.79 Å². The number of amides is 2. The Morgan fingerprint density at radius 1 is 1.47 bits per heavy atom. The maximum Gasteiger partial charge on any atom is 0.414 e. The van der Waals surface area contributed by atoms with Crippen molar-refractivity contribution in [2.45, 2.75) is 11.0 Å². The highest BCUT2D eigenvalue weighted by Crippen LogP contribution is 2.35. The van der Waals surface area contributed by atoms with E-state index in [0.29, 0.717) is 24.5 Å². The van der Waals surface area contributed by atoms with E-state index in [4.69, 9.17) is 10.5 Å². The highest BCUT2D eigenvalue weighted by Gasteiger charge is 2.32. The lowest BCUT2D eigenvalue weighted by Gasteiger charge is -2.19. The summed E-state index contributed by atoms with van der Waals surface area (Å²) in [5, 5.41) is 2.80. The van der Waals surface area contributed by atoms with Crippen LogP contribution in [0.5, 0.6) is 0 Å². The molecular formula is C12H13N3O3S. The zero-order valence-electron chi connectivity index (χ0n) is 10.1. The monoisotopic (exact) mass is 279 g/mol. The lowest BCUT2D eigenvalue weighted by atomic mass is 10.2. The molecular weight excluding hydrogens is 266 g/mol. The Balaban J connectivity index is 1.88. The van der Waals surface area contributed by atoms with Crippen LogP contribution in [-0.2, 0) is 9.53 Å². The third kappa shape index (κ3) is 2.26. The second-order valence-electron chi connectivity index (χ2n) is 4.37. The van der Waals surface area contributed by atoms with Gasteiger partial charge in [-0.15, -0.1) is 11.8 Å². The van der Waals surface area contributed by atoms with E-state index in [1.54, 1.807) is 6.07 Å². The number of nitrogens with two attached hydrogens (primary N) is 1. The molecule has 19 heavy (non-hydrogen) atoms. The summed E-state index contributed by atoms with van der Waals surface area (Å²) in [5.74, 6) is 0.395. The number of hydrogen-bond donors (Lipinski definition) is 2. The largest absolute Gasteiger partial charge is 0.443 e. The van der Waals surface area contributed by atoms with E-state index in [-0.39, 0.29) is 12.0 Å². The van der Waals surface area contributed by atoms with E-state index in [0.717, 1.165) is 10.6 Å². The normalized spacial score (nSPS) is 21.9. The Hall–Kier alpha value is -1.73. The standard InChI is InChI=1S/C12H13N3O3S/c13-4-8-5-15(12(17)18-8)7-1-2-10-9(3-7)14-11(16)6-19-10/h1-3,8H,4-6,13H2,(H,14,16)/t8-/m0/s1. The van der Waals surface area contributed by atoms with Crippen LogP contribution in [0.15, 0.2) is 23.1 Å². The van der Waals surface area contributed by atoms with Gasteiger partial charge in [0.25, 0.3) is 0 Å². The minimum Gasteiger partial charge on any atom is -0.443 e. The van der Waals surface area contributed by atoms with Crippen molar-refractivity contribution >= 4 is 35.1 Å². The van der Waals surface area contributed by atoms with Crippen LogP contribution in [0.2, 0.25) is 0 Å². The van der Waals surface area contributed by atoms with E-state index in [9.17, 15) is 9.59 Å². The summed E-state index contributed by atoms with van der Waals surface area (Å²) in [5.41, 5.74) is 6.95. The average molecular weight is 279 g/mol. The smallest absolute Gasteiger partial charge is 0.414 e. The fraction of sp³-hybridized carbons (Fsp3) is 0.333. The molecule has 0 spiro atoms. The molecule has 3 N–H and O–H groups in total. The number of nitrogens with one attached hydrogen (secondary N) is 1. The summed E-state index contributed by atoms with van der Waals surface area (Å²) in [6.45, 7) is 0.745. The predicted octanol–water partition coefficient (Wildman–Crippen LogP) is 1.01. The molecule has 0 saturated carbocycles. The zero-order valence-corrected chi connectivity index (χ0v) is 10.9. The number of cyclic esters (lactones) is 1. The summed E-state index contributed by atoms with van der Waals surface area (Å²) in [6.07, 6.45) is -0.669. The quantitative estimate of drug-likeness (QED) is 0.844. The average Bonchev–Trinajstić information content (AvgIpc) is 2.79. The molecule has 1 atom stereocenters. The van der Waals surface area contributed by atoms with E-state index in [1.807, 2.05) is 12.1 Å². The van der Waals surface area contributed by atoms with E-state index in [1.165, 1.54) is 16.7 Å². The van der Waals surface area contributed by atoms with Gasteiger partial charge in [0.05, 0.1) is 18.0 Å². The first-order valence-corrected chi connectivity index (χ1v) is 6.91. The molecule has 7 heteroatoms. The molecule has 6 nitrogen and oxygen atoms in total. The molecule has 0 bridgehead atoms. The number of thioether (sulfide) groups is 1. The molecule has 100 valence electrons. The van der Waals surface area contributed by atoms with Crippen LogP contribution in [0.1, 0.15) is 0 Å². The molecule has 0 aromatic heterocycles. The van der Waals surface area contributed by atoms with Gasteiger partial charge in [-0.05, 0) is 18.2 Å². The van der Waals surface area contributed by atoms with Crippen LogP contribution in [-0.4, -0.2) is 36.9 Å². The first-order chi connectivity index (χ1) is 9.17. The molecule has 2 amide bonds. The molecule has 1 aromatic carbocycles. The third-order valence-corrected chi connectivity index (χ3v) is 4.12. The van der Waals surface area contributed by atoms with Gasteiger partial charge in [-0.3, -0.25) is 9.69 Å². The van der Waals surface area contributed by atoms with Crippen LogP contribution in [0.25, 0.3) is 0 Å². The Kier molecular flexibility index (Phi) is 3.08. The van der Waals surface area contributed by atoms with Gasteiger partial charge in [-0.1, -0.05) is 0 Å². The summed E-state index contributed by atoms with van der Waals surface area (Å²) < 4.78 is 5.11. The molecule has 0 unspecified atom stereocenters. The van der Waals surface area contributed by atoms with Crippen molar-refractivity contribution in [2.75, 3.05) is 29.1 Å². The Labute approximate surface area is 114 Å². The van der Waals surface area contributed by atoms with Crippen LogP contribution >= 0.6 is 11.8 Å². The number of carbonyl (C=O) groups is 2. The van der Waals surface area contributed by atoms with E-state index < -0.39 is 6.09 Å². The fourth-order valence-corrected chi connectivity index (χ4v) is 2.88. The molecule has 2 heterocycles. The van der Waals surface area contributed by atoms with Gasteiger partial charge in [0.2, 0.25) is 5.91 Å². The molecule has 0 radical (unpaired) electrons. The Morgan fingerprint density at radius 2 is 2.32 bits per heavy atom. The fourth-order valence-electron chi connectivity index (χ4n) is 2.09. The lowest BCUT2D eigenvalue weighted by Crippen LogP contribution is -2.27. The van der Waals surface area contributed by atoms with E-state index >= 15 is 0 Å². The van der Waals surface area contributed by atoms with Crippen molar-refractivity contribution < 1.29 is 14.3 Å². The molecule has 1 aromatic rings. The maximum absolute atomic E-state index is 11.7. The number of ether oxygens (including phenoxy) is 1. The second kappa shape index (κ2) is 4.75. The van der Waals surface area contributed by atoms with Gasteiger partial charge in [0, 0.05) is 17.1 Å². The molecule has 2 aliphatic rings. The van der Waals surface area contributed by atoms with Crippen LogP contribution in [0.4, 0.5) is 16.2 Å². The highest BCUT2D eigenvalue weighted by atomic mass is 32.2. The second-order valence-corrected chi connectivity index (χ2v) is 5.39. The first-order valence-electron chi connectivity index (χ1n) is 5.92. The van der Waals surface area contributed by atoms with Crippen molar-refractivity contribution in [3.8, 4) is 0 Å². The first kappa shape index (κ1) is 12.3. The Bertz CT molecular complexity index is 549. The third-order valence-electron chi connectivity index (χ3n) is 3.04. The van der Waals surface area contributed by atoms with Crippen molar-refractivity contribution in [1.29, 1.82) is 0 Å². The van der Waals surface area contributed by atoms with Gasteiger partial charge in [-0.2, -0.15) is 0 Å². The van der Waals surface area contributed by atoms with Crippen molar-refractivity contribution in [2.24, 2.45) is 5.73 Å². The SMILES string of the molecule is NC[C@H]1CN(c2ccc3c(c2)NC(=O)CS3)C(=O)O1. The molecule has 3 rings (SSSR count). The number of anilines is 2. The minimum absolute atomic E-state index is 0.0292. The van der Waals surface area contributed by atoms with Gasteiger partial charge >= 0.3 is 6.09 Å². The van der Waals surface area contributed by atoms with Crippen molar-refractivity contribution in [3.63, 3.8) is 0 Å². The van der Waals surface area contributed by atoms with Crippen LogP contribution < -0.4 is 16.0 Å². The number of nitrogens with zero attached hydrogens (tertiary/aromatic N) is 1. The topological polar surface area (TPSA) is 84.7 Å². The van der Waals surface area contributed by atoms with Crippen molar-refractivity contribution in [1.82, 2.24) is 0 Å². The maximum atomic E-state index is 11.7. The summed E-state index contributed by atoms with van der Waals surface area (Å²) in [4.78, 5) is 25.6. The number of rotatable bonds is 2.